The summed E-state index contributed by atoms with van der Waals surface area (Å²) in [5.74, 6) is 0.612. The van der Waals surface area contributed by atoms with E-state index in [0.717, 1.165) is 11.0 Å². The van der Waals surface area contributed by atoms with Crippen molar-refractivity contribution in [3.05, 3.63) is 16.4 Å². The summed E-state index contributed by atoms with van der Waals surface area (Å²) in [6, 6.07) is 0.651. The molecule has 0 spiro atoms. The monoisotopic (exact) mass is 301 g/mol. The highest BCUT2D eigenvalue weighted by Gasteiger charge is 2.28. The van der Waals surface area contributed by atoms with Crippen molar-refractivity contribution in [2.75, 3.05) is 20.8 Å². The van der Waals surface area contributed by atoms with Gasteiger partial charge in [-0.1, -0.05) is 0 Å². The van der Waals surface area contributed by atoms with Gasteiger partial charge >= 0.3 is 0 Å². The smallest absolute Gasteiger partial charge is 0.0658 e. The van der Waals surface area contributed by atoms with Gasteiger partial charge in [0.2, 0.25) is 0 Å². The van der Waals surface area contributed by atoms with Crippen LogP contribution in [0.3, 0.4) is 0 Å². The summed E-state index contributed by atoms with van der Waals surface area (Å²) in [5.41, 5.74) is 1.33. The molecule has 0 radical (unpaired) electrons. The summed E-state index contributed by atoms with van der Waals surface area (Å²) < 4.78 is 8.34. The van der Waals surface area contributed by atoms with Crippen LogP contribution in [0.1, 0.15) is 30.9 Å². The van der Waals surface area contributed by atoms with Gasteiger partial charge in [0.1, 0.15) is 0 Å². The third-order valence-corrected chi connectivity index (χ3v) is 4.18. The third-order valence-electron chi connectivity index (χ3n) is 3.57. The molecule has 1 aliphatic carbocycles. The fraction of sp³-hybridized carbons (Fsp3) is 0.750. The number of hydrogen-bond donors (Lipinski definition) is 1. The number of halogens is 1. The lowest BCUT2D eigenvalue weighted by atomic mass is 10.0. The first-order chi connectivity index (χ1) is 8.26. The Morgan fingerprint density at radius 3 is 3.06 bits per heavy atom. The van der Waals surface area contributed by atoms with Gasteiger partial charge in [0.05, 0.1) is 29.5 Å². The summed E-state index contributed by atoms with van der Waals surface area (Å²) in [6.45, 7) is 1.54. The summed E-state index contributed by atoms with van der Waals surface area (Å²) in [6.07, 6.45) is 5.59. The number of ether oxygens (including phenoxy) is 1. The van der Waals surface area contributed by atoms with Crippen molar-refractivity contribution in [2.24, 2.45) is 0 Å². The molecule has 0 aromatic carbocycles. The van der Waals surface area contributed by atoms with Crippen molar-refractivity contribution in [3.63, 3.8) is 0 Å². The van der Waals surface area contributed by atoms with Crippen LogP contribution >= 0.6 is 15.9 Å². The fourth-order valence-electron chi connectivity index (χ4n) is 2.63. The fourth-order valence-corrected chi connectivity index (χ4v) is 3.25. The van der Waals surface area contributed by atoms with E-state index in [1.54, 1.807) is 7.11 Å². The average molecular weight is 302 g/mol. The van der Waals surface area contributed by atoms with Gasteiger partial charge in [-0.3, -0.25) is 4.68 Å². The van der Waals surface area contributed by atoms with Crippen LogP contribution in [0.15, 0.2) is 10.7 Å². The van der Waals surface area contributed by atoms with Gasteiger partial charge in [-0.05, 0) is 42.2 Å². The minimum atomic E-state index is 0.612. The second-order valence-electron chi connectivity index (χ2n) is 4.59. The number of nitrogens with one attached hydrogen (secondary N) is 1. The zero-order valence-corrected chi connectivity index (χ0v) is 12.0. The van der Waals surface area contributed by atoms with Crippen LogP contribution in [-0.4, -0.2) is 36.6 Å². The maximum absolute atomic E-state index is 5.13. The van der Waals surface area contributed by atoms with E-state index < -0.39 is 0 Å². The van der Waals surface area contributed by atoms with Crippen molar-refractivity contribution in [3.8, 4) is 0 Å². The molecule has 1 saturated carbocycles. The molecule has 1 aromatic heterocycles. The second kappa shape index (κ2) is 5.98. The van der Waals surface area contributed by atoms with Crippen LogP contribution in [0, 0.1) is 0 Å². The van der Waals surface area contributed by atoms with E-state index in [2.05, 4.69) is 31.0 Å². The number of hydrogen-bond acceptors (Lipinski definition) is 3. The van der Waals surface area contributed by atoms with Crippen LogP contribution in [0.5, 0.6) is 0 Å². The summed E-state index contributed by atoms with van der Waals surface area (Å²) >= 11 is 3.62. The Kier molecular flexibility index (Phi) is 4.59. The normalized spacial score (nSPS) is 24.4. The van der Waals surface area contributed by atoms with E-state index in [0.29, 0.717) is 18.6 Å². The van der Waals surface area contributed by atoms with Crippen molar-refractivity contribution in [1.29, 1.82) is 0 Å². The van der Waals surface area contributed by atoms with Crippen LogP contribution < -0.4 is 5.32 Å². The number of rotatable bonds is 5. The lowest BCUT2D eigenvalue weighted by Gasteiger charge is -2.14. The molecule has 0 amide bonds. The SMILES string of the molecule is CNC1CCC(c2c(Br)cnn2CCOC)C1. The highest BCUT2D eigenvalue weighted by atomic mass is 79.9. The molecule has 1 heterocycles. The molecule has 0 aliphatic heterocycles. The molecule has 2 atom stereocenters. The molecule has 1 aromatic rings. The Morgan fingerprint density at radius 1 is 1.59 bits per heavy atom. The summed E-state index contributed by atoms with van der Waals surface area (Å²) in [7, 11) is 3.77. The Balaban J connectivity index is 2.11. The zero-order chi connectivity index (χ0) is 12.3. The van der Waals surface area contributed by atoms with Gasteiger partial charge < -0.3 is 10.1 Å². The average Bonchev–Trinajstić information content (AvgIpc) is 2.92. The minimum Gasteiger partial charge on any atom is -0.383 e. The van der Waals surface area contributed by atoms with Crippen LogP contribution in [0.2, 0.25) is 0 Å². The maximum atomic E-state index is 5.13. The van der Waals surface area contributed by atoms with Crippen molar-refractivity contribution < 1.29 is 4.74 Å². The molecule has 5 heteroatoms. The maximum Gasteiger partial charge on any atom is 0.0658 e. The molecule has 1 aliphatic rings. The van der Waals surface area contributed by atoms with Gasteiger partial charge in [0, 0.05) is 19.1 Å². The third kappa shape index (κ3) is 2.89. The van der Waals surface area contributed by atoms with E-state index in [1.807, 2.05) is 13.2 Å². The topological polar surface area (TPSA) is 39.1 Å². The molecular weight excluding hydrogens is 282 g/mol. The van der Waals surface area contributed by atoms with Crippen molar-refractivity contribution >= 4 is 15.9 Å². The van der Waals surface area contributed by atoms with Gasteiger partial charge in [-0.15, -0.1) is 0 Å². The molecular formula is C12H20BrN3O. The molecule has 4 nitrogen and oxygen atoms in total. The molecule has 2 unspecified atom stereocenters. The van der Waals surface area contributed by atoms with Gasteiger partial charge in [0.15, 0.2) is 0 Å². The first-order valence-electron chi connectivity index (χ1n) is 6.13. The molecule has 0 bridgehead atoms. The first-order valence-corrected chi connectivity index (χ1v) is 6.93. The van der Waals surface area contributed by atoms with Crippen molar-refractivity contribution in [2.45, 2.75) is 37.8 Å². The number of nitrogens with zero attached hydrogens (tertiary/aromatic N) is 2. The second-order valence-corrected chi connectivity index (χ2v) is 5.44. The molecule has 1 N–H and O–H groups in total. The van der Waals surface area contributed by atoms with Crippen LogP contribution in [0.4, 0.5) is 0 Å². The Bertz CT molecular complexity index is 367. The van der Waals surface area contributed by atoms with Gasteiger partial charge in [-0.25, -0.2) is 0 Å². The number of aromatic nitrogens is 2. The Morgan fingerprint density at radius 2 is 2.41 bits per heavy atom. The molecule has 1 fully saturated rings. The predicted octanol–water partition coefficient (Wildman–Crippen LogP) is 2.15. The van der Waals surface area contributed by atoms with E-state index in [-0.39, 0.29) is 0 Å². The Hall–Kier alpha value is -0.390. The zero-order valence-electron chi connectivity index (χ0n) is 10.4. The highest BCUT2D eigenvalue weighted by Crippen LogP contribution is 2.37. The quantitative estimate of drug-likeness (QED) is 0.906. The number of methoxy groups -OCH3 is 1. The van der Waals surface area contributed by atoms with Crippen LogP contribution in [-0.2, 0) is 11.3 Å². The minimum absolute atomic E-state index is 0.612. The predicted molar refractivity (Wildman–Crippen MR) is 71.2 cm³/mol. The van der Waals surface area contributed by atoms with E-state index in [9.17, 15) is 0 Å². The lowest BCUT2D eigenvalue weighted by Crippen LogP contribution is -2.21. The highest BCUT2D eigenvalue weighted by molar-refractivity contribution is 9.10. The molecule has 0 saturated heterocycles. The van der Waals surface area contributed by atoms with E-state index in [4.69, 9.17) is 4.74 Å². The van der Waals surface area contributed by atoms with Crippen LogP contribution in [0.25, 0.3) is 0 Å². The van der Waals surface area contributed by atoms with Crippen molar-refractivity contribution in [1.82, 2.24) is 15.1 Å². The summed E-state index contributed by atoms with van der Waals surface area (Å²) in [5, 5.41) is 7.79. The standard InChI is InChI=1S/C12H20BrN3O/c1-14-10-4-3-9(7-10)12-11(13)8-15-16(12)5-6-17-2/h8-10,14H,3-7H2,1-2H3. The van der Waals surface area contributed by atoms with E-state index in [1.165, 1.54) is 25.0 Å². The molecule has 17 heavy (non-hydrogen) atoms. The Labute approximate surface area is 111 Å². The van der Waals surface area contributed by atoms with Gasteiger partial charge in [-0.2, -0.15) is 5.10 Å². The largest absolute Gasteiger partial charge is 0.383 e. The first kappa shape index (κ1) is 13.1. The molecule has 96 valence electrons. The summed E-state index contributed by atoms with van der Waals surface area (Å²) in [4.78, 5) is 0. The molecule has 2 rings (SSSR count). The van der Waals surface area contributed by atoms with E-state index >= 15 is 0 Å². The lowest BCUT2D eigenvalue weighted by molar-refractivity contribution is 0.182. The van der Waals surface area contributed by atoms with Gasteiger partial charge in [0.25, 0.3) is 0 Å².